The molecule has 0 fully saturated rings. The van der Waals surface area contributed by atoms with E-state index in [4.69, 9.17) is 17.3 Å². The molecule has 0 radical (unpaired) electrons. The van der Waals surface area contributed by atoms with Gasteiger partial charge in [-0.2, -0.15) is 0 Å². The van der Waals surface area contributed by atoms with Gasteiger partial charge in [-0.3, -0.25) is 4.79 Å². The van der Waals surface area contributed by atoms with Crippen molar-refractivity contribution in [3.63, 3.8) is 0 Å². The Labute approximate surface area is 127 Å². The Morgan fingerprint density at radius 2 is 2.30 bits per heavy atom. The van der Waals surface area contributed by atoms with Crippen LogP contribution in [0.1, 0.15) is 41.7 Å². The maximum absolute atomic E-state index is 12.3. The van der Waals surface area contributed by atoms with Crippen LogP contribution in [0, 0.1) is 0 Å². The summed E-state index contributed by atoms with van der Waals surface area (Å²) in [5, 5.41) is 2.97. The Balaban J connectivity index is 2.11. The van der Waals surface area contributed by atoms with Crippen molar-refractivity contribution in [2.75, 3.05) is 5.73 Å². The van der Waals surface area contributed by atoms with E-state index >= 15 is 0 Å². The lowest BCUT2D eigenvalue weighted by Crippen LogP contribution is -2.28. The molecule has 0 bridgehead atoms. The molecule has 0 spiro atoms. The van der Waals surface area contributed by atoms with E-state index in [1.54, 1.807) is 12.3 Å². The molecule has 0 aliphatic carbocycles. The summed E-state index contributed by atoms with van der Waals surface area (Å²) in [5.41, 5.74) is 6.98. The lowest BCUT2D eigenvalue weighted by molar-refractivity contribution is 0.0931. The number of halogens is 1. The molecule has 2 rings (SSSR count). The Kier molecular flexibility index (Phi) is 4.73. The second-order valence-corrected chi connectivity index (χ2v) is 6.44. The molecule has 20 heavy (non-hydrogen) atoms. The van der Waals surface area contributed by atoms with Crippen LogP contribution < -0.4 is 11.1 Å². The predicted molar refractivity (Wildman–Crippen MR) is 84.3 cm³/mol. The summed E-state index contributed by atoms with van der Waals surface area (Å²) in [6.07, 6.45) is 2.75. The van der Waals surface area contributed by atoms with Crippen LogP contribution in [-0.4, -0.2) is 10.5 Å². The van der Waals surface area contributed by atoms with E-state index in [-0.39, 0.29) is 11.9 Å². The van der Waals surface area contributed by atoms with Crippen molar-refractivity contribution < 1.29 is 4.79 Å². The highest BCUT2D eigenvalue weighted by Crippen LogP contribution is 2.27. The topological polar surface area (TPSA) is 60.0 Å². The quantitative estimate of drug-likeness (QED) is 0.884. The monoisotopic (exact) mass is 311 g/mol. The highest BCUT2D eigenvalue weighted by Gasteiger charge is 2.16. The van der Waals surface area contributed by atoms with Crippen molar-refractivity contribution in [1.82, 2.24) is 9.88 Å². The van der Waals surface area contributed by atoms with Crippen LogP contribution >= 0.6 is 22.9 Å². The molecule has 0 saturated carbocycles. The Morgan fingerprint density at radius 1 is 1.55 bits per heavy atom. The number of hydrogen-bond acceptors (Lipinski definition) is 3. The summed E-state index contributed by atoms with van der Waals surface area (Å²) in [5.74, 6) is -0.118. The summed E-state index contributed by atoms with van der Waals surface area (Å²) >= 11 is 7.38. The summed E-state index contributed by atoms with van der Waals surface area (Å²) in [4.78, 5) is 13.4. The third kappa shape index (κ3) is 3.35. The zero-order valence-electron chi connectivity index (χ0n) is 11.5. The minimum Gasteiger partial charge on any atom is -0.397 e. The lowest BCUT2D eigenvalue weighted by atomic mass is 10.2. The molecule has 2 heterocycles. The molecule has 4 nitrogen and oxygen atoms in total. The lowest BCUT2D eigenvalue weighted by Gasteiger charge is -2.13. The number of hydrogen-bond donors (Lipinski definition) is 2. The number of aryl methyl sites for hydroxylation is 1. The van der Waals surface area contributed by atoms with Gasteiger partial charge in [0.15, 0.2) is 0 Å². The van der Waals surface area contributed by atoms with Crippen LogP contribution in [0.4, 0.5) is 5.69 Å². The number of carbonyl (C=O) groups is 1. The number of nitrogen functional groups attached to an aromatic ring is 1. The number of carbonyl (C=O) groups excluding carboxylic acids is 1. The fraction of sp³-hybridized carbons (Fsp3) is 0.357. The molecular weight excluding hydrogens is 294 g/mol. The van der Waals surface area contributed by atoms with Gasteiger partial charge in [-0.1, -0.05) is 18.5 Å². The minimum atomic E-state index is -0.118. The summed E-state index contributed by atoms with van der Waals surface area (Å²) < 4.78 is 2.61. The third-order valence-electron chi connectivity index (χ3n) is 2.98. The molecule has 1 amide bonds. The van der Waals surface area contributed by atoms with Crippen molar-refractivity contribution in [2.24, 2.45) is 0 Å². The molecule has 2 aromatic heterocycles. The Hall–Kier alpha value is -1.46. The molecule has 0 saturated heterocycles. The molecule has 0 aromatic carbocycles. The molecule has 0 aliphatic heterocycles. The summed E-state index contributed by atoms with van der Waals surface area (Å²) in [6.45, 7) is 4.78. The number of nitrogens with zero attached hydrogens (tertiary/aromatic N) is 1. The van der Waals surface area contributed by atoms with Gasteiger partial charge in [-0.25, -0.2) is 0 Å². The molecule has 108 valence electrons. The van der Waals surface area contributed by atoms with Crippen LogP contribution in [0.15, 0.2) is 24.4 Å². The van der Waals surface area contributed by atoms with Crippen molar-refractivity contribution in [3.8, 4) is 0 Å². The van der Waals surface area contributed by atoms with Gasteiger partial charge in [0.05, 0.1) is 16.1 Å². The standard InChI is InChI=1S/C14H18ClN3OS/c1-3-6-18-8-10(16)7-11(18)14(19)17-9(2)12-4-5-13(15)20-12/h4-5,7-9H,3,6,16H2,1-2H3,(H,17,19). The van der Waals surface area contributed by atoms with E-state index in [1.807, 2.05) is 23.6 Å². The SMILES string of the molecule is CCCn1cc(N)cc1C(=O)NC(C)c1ccc(Cl)s1. The van der Waals surface area contributed by atoms with Gasteiger partial charge >= 0.3 is 0 Å². The number of rotatable bonds is 5. The van der Waals surface area contributed by atoms with Gasteiger partial charge in [-0.15, -0.1) is 11.3 Å². The zero-order valence-corrected chi connectivity index (χ0v) is 13.1. The molecular formula is C14H18ClN3OS. The minimum absolute atomic E-state index is 0.0776. The largest absolute Gasteiger partial charge is 0.397 e. The van der Waals surface area contributed by atoms with E-state index in [0.717, 1.165) is 22.2 Å². The van der Waals surface area contributed by atoms with Gasteiger partial charge in [0.2, 0.25) is 0 Å². The second-order valence-electron chi connectivity index (χ2n) is 4.69. The highest BCUT2D eigenvalue weighted by atomic mass is 35.5. The first-order valence-corrected chi connectivity index (χ1v) is 7.72. The Morgan fingerprint density at radius 3 is 2.90 bits per heavy atom. The van der Waals surface area contributed by atoms with Crippen molar-refractivity contribution >= 4 is 34.5 Å². The molecule has 0 aliphatic rings. The smallest absolute Gasteiger partial charge is 0.268 e. The van der Waals surface area contributed by atoms with E-state index in [1.165, 1.54) is 11.3 Å². The first-order chi connectivity index (χ1) is 9.51. The van der Waals surface area contributed by atoms with Gasteiger partial charge < -0.3 is 15.6 Å². The van der Waals surface area contributed by atoms with E-state index < -0.39 is 0 Å². The van der Waals surface area contributed by atoms with Crippen LogP contribution in [0.3, 0.4) is 0 Å². The third-order valence-corrected chi connectivity index (χ3v) is 4.40. The van der Waals surface area contributed by atoms with Crippen molar-refractivity contribution in [1.29, 1.82) is 0 Å². The number of nitrogens with two attached hydrogens (primary N) is 1. The van der Waals surface area contributed by atoms with Gasteiger partial charge in [0, 0.05) is 17.6 Å². The number of thiophene rings is 1. The normalized spacial score (nSPS) is 12.3. The zero-order chi connectivity index (χ0) is 14.7. The van der Waals surface area contributed by atoms with Gasteiger partial charge in [-0.05, 0) is 31.5 Å². The van der Waals surface area contributed by atoms with E-state index in [9.17, 15) is 4.79 Å². The molecule has 2 aromatic rings. The fourth-order valence-corrected chi connectivity index (χ4v) is 3.12. The molecule has 3 N–H and O–H groups in total. The fourth-order valence-electron chi connectivity index (χ4n) is 2.05. The molecule has 6 heteroatoms. The number of nitrogens with one attached hydrogen (secondary N) is 1. The first-order valence-electron chi connectivity index (χ1n) is 6.53. The maximum atomic E-state index is 12.3. The van der Waals surface area contributed by atoms with Crippen molar-refractivity contribution in [3.05, 3.63) is 39.3 Å². The van der Waals surface area contributed by atoms with Crippen molar-refractivity contribution in [2.45, 2.75) is 32.9 Å². The second kappa shape index (κ2) is 6.33. The van der Waals surface area contributed by atoms with Gasteiger partial charge in [0.25, 0.3) is 5.91 Å². The number of anilines is 1. The summed E-state index contributed by atoms with van der Waals surface area (Å²) in [6, 6.07) is 5.39. The maximum Gasteiger partial charge on any atom is 0.268 e. The Bertz CT molecular complexity index is 605. The number of aromatic nitrogens is 1. The average molecular weight is 312 g/mol. The highest BCUT2D eigenvalue weighted by molar-refractivity contribution is 7.16. The average Bonchev–Trinajstić information content (AvgIpc) is 2.96. The summed E-state index contributed by atoms with van der Waals surface area (Å²) in [7, 11) is 0. The van der Waals surface area contributed by atoms with E-state index in [2.05, 4.69) is 12.2 Å². The molecule has 1 unspecified atom stereocenters. The van der Waals surface area contributed by atoms with Crippen LogP contribution in [0.25, 0.3) is 0 Å². The van der Waals surface area contributed by atoms with Crippen LogP contribution in [-0.2, 0) is 6.54 Å². The molecule has 1 atom stereocenters. The van der Waals surface area contributed by atoms with Gasteiger partial charge in [0.1, 0.15) is 5.69 Å². The number of amides is 1. The van der Waals surface area contributed by atoms with Crippen LogP contribution in [0.5, 0.6) is 0 Å². The van der Waals surface area contributed by atoms with E-state index in [0.29, 0.717) is 11.4 Å². The van der Waals surface area contributed by atoms with Crippen LogP contribution in [0.2, 0.25) is 4.34 Å². The predicted octanol–water partition coefficient (Wildman–Crippen LogP) is 3.69. The first kappa shape index (κ1) is 14.9.